The molecule has 21 heavy (non-hydrogen) atoms. The number of rotatable bonds is 8. The Labute approximate surface area is 126 Å². The Hall–Kier alpha value is -1.79. The molecule has 1 atom stereocenters. The summed E-state index contributed by atoms with van der Waals surface area (Å²) >= 11 is 0. The van der Waals surface area contributed by atoms with Crippen LogP contribution in [0.5, 0.6) is 11.5 Å². The van der Waals surface area contributed by atoms with Gasteiger partial charge in [-0.3, -0.25) is 5.32 Å². The number of hydrogen-bond acceptors (Lipinski definition) is 6. The molecule has 0 saturated carbocycles. The van der Waals surface area contributed by atoms with Gasteiger partial charge in [-0.15, -0.1) is 0 Å². The smallest absolute Gasteiger partial charge is 0.327 e. The maximum Gasteiger partial charge on any atom is 0.327 e. The van der Waals surface area contributed by atoms with E-state index >= 15 is 0 Å². The van der Waals surface area contributed by atoms with E-state index in [1.165, 1.54) is 7.11 Å². The van der Waals surface area contributed by atoms with Gasteiger partial charge in [0.15, 0.2) is 0 Å². The van der Waals surface area contributed by atoms with Crippen molar-refractivity contribution in [3.05, 3.63) is 23.8 Å². The first kappa shape index (κ1) is 17.3. The molecule has 0 aliphatic carbocycles. The zero-order valence-electron chi connectivity index (χ0n) is 13.3. The van der Waals surface area contributed by atoms with Gasteiger partial charge in [0.1, 0.15) is 17.5 Å². The maximum atomic E-state index is 12.0. The van der Waals surface area contributed by atoms with Crippen molar-refractivity contribution < 1.29 is 19.0 Å². The molecule has 0 heterocycles. The van der Waals surface area contributed by atoms with Gasteiger partial charge < -0.3 is 19.1 Å². The SMILES string of the molecule is COC(=O)C(NCCN(C)C)c1ccc(OC)cc1OC. The van der Waals surface area contributed by atoms with Gasteiger partial charge in [0.2, 0.25) is 0 Å². The van der Waals surface area contributed by atoms with Crippen molar-refractivity contribution in [2.45, 2.75) is 6.04 Å². The van der Waals surface area contributed by atoms with E-state index in [-0.39, 0.29) is 5.97 Å². The van der Waals surface area contributed by atoms with Gasteiger partial charge in [-0.2, -0.15) is 0 Å². The van der Waals surface area contributed by atoms with Gasteiger partial charge in [0.05, 0.1) is 21.3 Å². The summed E-state index contributed by atoms with van der Waals surface area (Å²) in [5, 5.41) is 3.19. The third kappa shape index (κ3) is 4.91. The highest BCUT2D eigenvalue weighted by atomic mass is 16.5. The topological polar surface area (TPSA) is 60.0 Å². The highest BCUT2D eigenvalue weighted by Gasteiger charge is 2.24. The predicted octanol–water partition coefficient (Wildman–Crippen LogP) is 1.07. The first-order chi connectivity index (χ1) is 10.0. The fraction of sp³-hybridized carbons (Fsp3) is 0.533. The minimum absolute atomic E-state index is 0.350. The first-order valence-corrected chi connectivity index (χ1v) is 6.71. The molecule has 118 valence electrons. The molecule has 0 aliphatic rings. The van der Waals surface area contributed by atoms with Crippen LogP contribution in [0.15, 0.2) is 18.2 Å². The number of esters is 1. The molecule has 0 aromatic heterocycles. The van der Waals surface area contributed by atoms with Gasteiger partial charge in [0, 0.05) is 24.7 Å². The summed E-state index contributed by atoms with van der Waals surface area (Å²) in [6.07, 6.45) is 0. The highest BCUT2D eigenvalue weighted by molar-refractivity contribution is 5.78. The van der Waals surface area contributed by atoms with Gasteiger partial charge in [-0.1, -0.05) is 0 Å². The monoisotopic (exact) mass is 296 g/mol. The van der Waals surface area contributed by atoms with Gasteiger partial charge in [0.25, 0.3) is 0 Å². The molecule has 0 amide bonds. The normalized spacial score (nSPS) is 12.1. The molecule has 0 spiro atoms. The van der Waals surface area contributed by atoms with E-state index < -0.39 is 6.04 Å². The molecule has 0 bridgehead atoms. The summed E-state index contributed by atoms with van der Waals surface area (Å²) in [6.45, 7) is 1.47. The van der Waals surface area contributed by atoms with Crippen molar-refractivity contribution in [2.24, 2.45) is 0 Å². The number of nitrogens with zero attached hydrogens (tertiary/aromatic N) is 1. The Morgan fingerprint density at radius 2 is 1.95 bits per heavy atom. The number of nitrogens with one attached hydrogen (secondary N) is 1. The third-order valence-electron chi connectivity index (χ3n) is 3.10. The predicted molar refractivity (Wildman–Crippen MR) is 80.9 cm³/mol. The summed E-state index contributed by atoms with van der Waals surface area (Å²) in [7, 11) is 8.47. The highest BCUT2D eigenvalue weighted by Crippen LogP contribution is 2.30. The van der Waals surface area contributed by atoms with Crippen LogP contribution in [0.3, 0.4) is 0 Å². The molecule has 1 aromatic rings. The summed E-state index contributed by atoms with van der Waals surface area (Å²) in [6, 6.07) is 4.78. The van der Waals surface area contributed by atoms with E-state index in [0.717, 1.165) is 12.1 Å². The Bertz CT molecular complexity index is 463. The molecule has 6 nitrogen and oxygen atoms in total. The number of carbonyl (C=O) groups excluding carboxylic acids is 1. The van der Waals surface area contributed by atoms with Gasteiger partial charge >= 0.3 is 5.97 Å². The van der Waals surface area contributed by atoms with E-state index in [0.29, 0.717) is 18.0 Å². The van der Waals surface area contributed by atoms with Crippen LogP contribution < -0.4 is 14.8 Å². The zero-order valence-corrected chi connectivity index (χ0v) is 13.3. The number of likely N-dealkylation sites (N-methyl/N-ethyl adjacent to an activating group) is 1. The fourth-order valence-corrected chi connectivity index (χ4v) is 1.93. The lowest BCUT2D eigenvalue weighted by molar-refractivity contribution is -0.143. The van der Waals surface area contributed by atoms with Crippen LogP contribution in [0.4, 0.5) is 0 Å². The van der Waals surface area contributed by atoms with Crippen LogP contribution in [-0.4, -0.2) is 59.4 Å². The van der Waals surface area contributed by atoms with E-state index in [9.17, 15) is 4.79 Å². The van der Waals surface area contributed by atoms with Crippen molar-refractivity contribution in [3.63, 3.8) is 0 Å². The second-order valence-corrected chi connectivity index (χ2v) is 4.82. The molecule has 1 rings (SSSR count). The number of hydrogen-bond donors (Lipinski definition) is 1. The Morgan fingerprint density at radius 3 is 2.48 bits per heavy atom. The molecule has 6 heteroatoms. The lowest BCUT2D eigenvalue weighted by Crippen LogP contribution is -2.34. The fourth-order valence-electron chi connectivity index (χ4n) is 1.93. The van der Waals surface area contributed by atoms with Crippen molar-refractivity contribution in [3.8, 4) is 11.5 Å². The molecular formula is C15H24N2O4. The molecule has 0 fully saturated rings. The molecule has 1 N–H and O–H groups in total. The molecule has 0 aliphatic heterocycles. The summed E-state index contributed by atoms with van der Waals surface area (Å²) in [5.41, 5.74) is 0.726. The number of methoxy groups -OCH3 is 3. The quantitative estimate of drug-likeness (QED) is 0.724. The third-order valence-corrected chi connectivity index (χ3v) is 3.10. The first-order valence-electron chi connectivity index (χ1n) is 6.71. The standard InChI is InChI=1S/C15H24N2O4/c1-17(2)9-8-16-14(15(18)21-5)12-7-6-11(19-3)10-13(12)20-4/h6-7,10,14,16H,8-9H2,1-5H3. The van der Waals surface area contributed by atoms with E-state index in [1.807, 2.05) is 25.1 Å². The summed E-state index contributed by atoms with van der Waals surface area (Å²) in [5.74, 6) is 0.909. The average Bonchev–Trinajstić information content (AvgIpc) is 2.50. The van der Waals surface area contributed by atoms with Crippen molar-refractivity contribution in [1.29, 1.82) is 0 Å². The Kier molecular flexibility index (Phi) is 6.98. The van der Waals surface area contributed by atoms with E-state index in [2.05, 4.69) is 5.32 Å². The minimum Gasteiger partial charge on any atom is -0.497 e. The van der Waals surface area contributed by atoms with Gasteiger partial charge in [-0.05, 0) is 26.2 Å². The second kappa shape index (κ2) is 8.49. The molecule has 0 radical (unpaired) electrons. The number of carbonyl (C=O) groups is 1. The van der Waals surface area contributed by atoms with Gasteiger partial charge in [-0.25, -0.2) is 4.79 Å². The van der Waals surface area contributed by atoms with Crippen molar-refractivity contribution in [1.82, 2.24) is 10.2 Å². The average molecular weight is 296 g/mol. The van der Waals surface area contributed by atoms with Crippen LogP contribution in [-0.2, 0) is 9.53 Å². The molecular weight excluding hydrogens is 272 g/mol. The van der Waals surface area contributed by atoms with Crippen LogP contribution >= 0.6 is 0 Å². The molecule has 0 saturated heterocycles. The zero-order chi connectivity index (χ0) is 15.8. The Morgan fingerprint density at radius 1 is 1.24 bits per heavy atom. The van der Waals surface area contributed by atoms with Crippen molar-refractivity contribution in [2.75, 3.05) is 48.5 Å². The number of ether oxygens (including phenoxy) is 3. The molecule has 1 aromatic carbocycles. The number of benzene rings is 1. The van der Waals surface area contributed by atoms with E-state index in [4.69, 9.17) is 14.2 Å². The summed E-state index contributed by atoms with van der Waals surface area (Å²) in [4.78, 5) is 14.1. The van der Waals surface area contributed by atoms with Crippen LogP contribution in [0, 0.1) is 0 Å². The van der Waals surface area contributed by atoms with Crippen LogP contribution in [0.2, 0.25) is 0 Å². The lowest BCUT2D eigenvalue weighted by atomic mass is 10.1. The molecule has 1 unspecified atom stereocenters. The second-order valence-electron chi connectivity index (χ2n) is 4.82. The van der Waals surface area contributed by atoms with Crippen LogP contribution in [0.1, 0.15) is 11.6 Å². The summed E-state index contributed by atoms with van der Waals surface area (Å²) < 4.78 is 15.4. The van der Waals surface area contributed by atoms with E-state index in [1.54, 1.807) is 26.4 Å². The minimum atomic E-state index is -0.573. The Balaban J connectivity index is 2.99. The largest absolute Gasteiger partial charge is 0.497 e. The maximum absolute atomic E-state index is 12.0. The van der Waals surface area contributed by atoms with Crippen LogP contribution in [0.25, 0.3) is 0 Å². The van der Waals surface area contributed by atoms with Crippen molar-refractivity contribution >= 4 is 5.97 Å². The lowest BCUT2D eigenvalue weighted by Gasteiger charge is -2.20.